The van der Waals surface area contributed by atoms with Crippen molar-refractivity contribution in [2.75, 3.05) is 20.2 Å². The van der Waals surface area contributed by atoms with Gasteiger partial charge in [-0.25, -0.2) is 0 Å². The van der Waals surface area contributed by atoms with Crippen molar-refractivity contribution in [1.82, 2.24) is 10.6 Å². The monoisotopic (exact) mass is 689 g/mol. The van der Waals surface area contributed by atoms with E-state index < -0.39 is 24.0 Å². The van der Waals surface area contributed by atoms with Crippen LogP contribution >= 0.6 is 0 Å². The number of fused-ring (bicyclic) bond motifs is 2. The molecule has 0 bridgehead atoms. The molecule has 1 aromatic carbocycles. The van der Waals surface area contributed by atoms with Crippen molar-refractivity contribution in [3.63, 3.8) is 0 Å². The van der Waals surface area contributed by atoms with Crippen LogP contribution in [0.15, 0.2) is 35.7 Å². The van der Waals surface area contributed by atoms with Crippen LogP contribution in [-0.4, -0.2) is 71.6 Å². The number of nitrogens with one attached hydrogen (secondary N) is 2. The second-order valence-electron chi connectivity index (χ2n) is 14.8. The lowest BCUT2D eigenvalue weighted by atomic mass is 9.74. The minimum absolute atomic E-state index is 0.0188. The number of nitrogens with two attached hydrogens (primary N) is 1. The second-order valence-corrected chi connectivity index (χ2v) is 14.8. The highest BCUT2D eigenvalue weighted by Crippen LogP contribution is 2.38. The van der Waals surface area contributed by atoms with E-state index in [1.807, 2.05) is 12.2 Å². The zero-order valence-corrected chi connectivity index (χ0v) is 29.4. The van der Waals surface area contributed by atoms with Crippen LogP contribution < -0.4 is 21.1 Å². The number of dihydropyridines is 1. The van der Waals surface area contributed by atoms with E-state index in [4.69, 9.17) is 10.5 Å². The predicted octanol–water partition coefficient (Wildman–Crippen LogP) is 3.95. The largest absolute Gasteiger partial charge is 0.504 e. The van der Waals surface area contributed by atoms with E-state index in [0.717, 1.165) is 61.6 Å². The molecule has 1 saturated carbocycles. The van der Waals surface area contributed by atoms with Crippen molar-refractivity contribution in [1.29, 1.82) is 0 Å². The van der Waals surface area contributed by atoms with Gasteiger partial charge in [-0.2, -0.15) is 0 Å². The molecule has 0 aromatic heterocycles. The topological polar surface area (TPSA) is 171 Å². The van der Waals surface area contributed by atoms with Gasteiger partial charge in [0, 0.05) is 44.2 Å². The molecule has 272 valence electrons. The lowest BCUT2D eigenvalue weighted by Crippen LogP contribution is -2.48. The van der Waals surface area contributed by atoms with Crippen LogP contribution in [0.4, 0.5) is 0 Å². The number of aromatic hydroxyl groups is 1. The summed E-state index contributed by atoms with van der Waals surface area (Å²) in [7, 11) is 1.48. The number of aliphatic hydroxyl groups is 2. The SMILES string of the molecule is COc1cc2c(cc1O)C(CCC(O)CC(CC=O)C1=CCNC(N)=C1)C#CC(C(O)CCCCC1CNC3CC(=O)CCC3C1)C(=O)CC2. The molecular weight excluding hydrogens is 634 g/mol. The van der Waals surface area contributed by atoms with Crippen molar-refractivity contribution >= 4 is 17.9 Å². The molecule has 2 aliphatic carbocycles. The number of aldehydes is 1. The molecule has 0 radical (unpaired) electrons. The van der Waals surface area contributed by atoms with Gasteiger partial charge in [-0.15, -0.1) is 0 Å². The summed E-state index contributed by atoms with van der Waals surface area (Å²) >= 11 is 0. The first-order valence-electron chi connectivity index (χ1n) is 18.5. The molecule has 4 aliphatic rings. The number of carbonyl (C=O) groups is 3. The lowest BCUT2D eigenvalue weighted by Gasteiger charge is -2.39. The lowest BCUT2D eigenvalue weighted by molar-refractivity contribution is -0.124. The van der Waals surface area contributed by atoms with Crippen molar-refractivity contribution < 1.29 is 34.4 Å². The molecule has 1 saturated heterocycles. The number of phenols is 1. The Kier molecular flexibility index (Phi) is 13.6. The smallest absolute Gasteiger partial charge is 0.160 e. The van der Waals surface area contributed by atoms with Crippen LogP contribution in [0.5, 0.6) is 11.5 Å². The fourth-order valence-corrected chi connectivity index (χ4v) is 8.37. The van der Waals surface area contributed by atoms with Crippen LogP contribution in [0.25, 0.3) is 0 Å². The molecule has 10 heteroatoms. The number of rotatable bonds is 15. The Morgan fingerprint density at radius 1 is 1.10 bits per heavy atom. The van der Waals surface area contributed by atoms with Crippen LogP contribution in [-0.2, 0) is 20.8 Å². The van der Waals surface area contributed by atoms with E-state index in [9.17, 15) is 29.7 Å². The number of Topliss-reactive ketones (excluding diaryl/α,β-unsaturated/α-hetero) is 2. The maximum Gasteiger partial charge on any atom is 0.160 e. The summed E-state index contributed by atoms with van der Waals surface area (Å²) in [6, 6.07) is 3.74. The van der Waals surface area contributed by atoms with E-state index in [1.54, 1.807) is 12.1 Å². The van der Waals surface area contributed by atoms with Gasteiger partial charge in [0.25, 0.3) is 0 Å². The van der Waals surface area contributed by atoms with Gasteiger partial charge in [0.1, 0.15) is 18.0 Å². The first-order valence-corrected chi connectivity index (χ1v) is 18.5. The second kappa shape index (κ2) is 18.0. The molecular formula is C40H55N3O7. The van der Waals surface area contributed by atoms with Crippen LogP contribution in [0.3, 0.4) is 0 Å². The Balaban J connectivity index is 1.23. The number of aryl methyl sites for hydroxylation is 1. The summed E-state index contributed by atoms with van der Waals surface area (Å²) in [5.74, 6) is 7.30. The zero-order chi connectivity index (χ0) is 35.6. The van der Waals surface area contributed by atoms with Crippen molar-refractivity contribution in [2.24, 2.45) is 29.4 Å². The average Bonchev–Trinajstić information content (AvgIpc) is 3.16. The zero-order valence-electron chi connectivity index (χ0n) is 29.4. The maximum absolute atomic E-state index is 13.5. The molecule has 8 atom stereocenters. The highest BCUT2D eigenvalue weighted by atomic mass is 16.5. The Morgan fingerprint density at radius 3 is 2.72 bits per heavy atom. The molecule has 50 heavy (non-hydrogen) atoms. The van der Waals surface area contributed by atoms with Gasteiger partial charge in [-0.1, -0.05) is 30.8 Å². The molecule has 2 aliphatic heterocycles. The molecule has 8 unspecified atom stereocenters. The fraction of sp³-hybridized carbons (Fsp3) is 0.625. The number of unbranched alkanes of at least 4 members (excludes halogenated alkanes) is 1. The maximum atomic E-state index is 13.5. The number of ether oxygens (including phenoxy) is 1. The van der Waals surface area contributed by atoms with E-state index in [0.29, 0.717) is 86.7 Å². The van der Waals surface area contributed by atoms with Gasteiger partial charge in [0.15, 0.2) is 17.3 Å². The standard InChI is InChI=1S/C40H55N3O7/c1-50-39-20-29-9-13-37(48)33(36(47)5-3-2-4-25-18-30-7-11-32(46)22-35(30)43-24-25)12-8-26(34(29)23-38(39)49)6-10-31(45)19-28(15-17-44)27-14-16-42-40(41)21-27/h14,17,20-21,23,25-26,28,30-31,33,35-36,42-43,45,47,49H,2-7,9-11,13,15-16,18-19,22,24,41H2,1H3. The van der Waals surface area contributed by atoms with Crippen LogP contribution in [0, 0.1) is 35.5 Å². The number of aliphatic hydroxyl groups excluding tert-OH is 2. The third kappa shape index (κ3) is 9.99. The number of hydrogen-bond donors (Lipinski definition) is 6. The Hall–Kier alpha value is -3.65. The van der Waals surface area contributed by atoms with Gasteiger partial charge < -0.3 is 41.2 Å². The van der Waals surface area contributed by atoms with Gasteiger partial charge in [-0.3, -0.25) is 9.59 Å². The number of allylic oxidation sites excluding steroid dienone is 2. The number of carbonyl (C=O) groups excluding carboxylic acids is 3. The van der Waals surface area contributed by atoms with Gasteiger partial charge in [0.2, 0.25) is 0 Å². The van der Waals surface area contributed by atoms with Crippen LogP contribution in [0.1, 0.15) is 101 Å². The quantitative estimate of drug-likeness (QED) is 0.0900. The summed E-state index contributed by atoms with van der Waals surface area (Å²) < 4.78 is 5.37. The Morgan fingerprint density at radius 2 is 1.94 bits per heavy atom. The minimum atomic E-state index is -0.883. The van der Waals surface area contributed by atoms with Crippen molar-refractivity contribution in [2.45, 2.75) is 114 Å². The summed E-state index contributed by atoms with van der Waals surface area (Å²) in [6.45, 7) is 1.50. The highest BCUT2D eigenvalue weighted by Gasteiger charge is 2.35. The molecule has 0 amide bonds. The number of benzene rings is 1. The highest BCUT2D eigenvalue weighted by molar-refractivity contribution is 5.85. The molecule has 7 N–H and O–H groups in total. The molecule has 1 aromatic rings. The van der Waals surface area contributed by atoms with Gasteiger partial charge >= 0.3 is 0 Å². The van der Waals surface area contributed by atoms with E-state index in [2.05, 4.69) is 22.5 Å². The van der Waals surface area contributed by atoms with E-state index in [1.165, 1.54) is 7.11 Å². The predicted molar refractivity (Wildman–Crippen MR) is 191 cm³/mol. The molecule has 0 spiro atoms. The van der Waals surface area contributed by atoms with Crippen LogP contribution in [0.2, 0.25) is 0 Å². The third-order valence-electron chi connectivity index (χ3n) is 11.2. The number of ketones is 2. The van der Waals surface area contributed by atoms with E-state index in [-0.39, 0.29) is 30.3 Å². The summed E-state index contributed by atoms with van der Waals surface area (Å²) in [4.78, 5) is 36.8. The Bertz CT molecular complexity index is 1490. The number of methoxy groups -OCH3 is 1. The first kappa shape index (κ1) is 37.6. The summed E-state index contributed by atoms with van der Waals surface area (Å²) in [5, 5.41) is 39.8. The number of hydrogen-bond acceptors (Lipinski definition) is 10. The third-order valence-corrected chi connectivity index (χ3v) is 11.2. The van der Waals surface area contributed by atoms with E-state index >= 15 is 0 Å². The molecule has 10 nitrogen and oxygen atoms in total. The first-order chi connectivity index (χ1) is 24.1. The number of piperidine rings is 1. The Labute approximate surface area is 296 Å². The summed E-state index contributed by atoms with van der Waals surface area (Å²) in [6.07, 6.45) is 12.0. The van der Waals surface area contributed by atoms with Gasteiger partial charge in [0.05, 0.1) is 25.1 Å². The summed E-state index contributed by atoms with van der Waals surface area (Å²) in [5.41, 5.74) is 8.52. The minimum Gasteiger partial charge on any atom is -0.504 e. The normalized spacial score (nSPS) is 26.9. The van der Waals surface area contributed by atoms with Crippen molar-refractivity contribution in [3.05, 3.63) is 46.8 Å². The molecule has 2 fully saturated rings. The number of phenolic OH excluding ortho intramolecular Hbond substituents is 1. The molecule has 5 rings (SSSR count). The molecule has 2 heterocycles. The van der Waals surface area contributed by atoms with Gasteiger partial charge in [-0.05, 0) is 111 Å². The fourth-order valence-electron chi connectivity index (χ4n) is 8.37. The average molecular weight is 690 g/mol. The van der Waals surface area contributed by atoms with Crippen molar-refractivity contribution in [3.8, 4) is 23.3 Å².